The van der Waals surface area contributed by atoms with Crippen molar-refractivity contribution in [3.8, 4) is 0 Å². The topological polar surface area (TPSA) is 9.23 Å². The van der Waals surface area contributed by atoms with Crippen molar-refractivity contribution in [3.05, 3.63) is 0 Å². The van der Waals surface area contributed by atoms with Crippen LogP contribution in [0.5, 0.6) is 0 Å². The Morgan fingerprint density at radius 3 is 2.53 bits per heavy atom. The Balaban J connectivity index is 1.88. The molecule has 108 valence electrons. The number of rotatable bonds is 0. The molecule has 1 nitrogen and oxygen atoms in total. The maximum absolute atomic E-state index is 6.81. The van der Waals surface area contributed by atoms with E-state index in [-0.39, 0.29) is 0 Å². The first-order valence-electron chi connectivity index (χ1n) is 8.40. The van der Waals surface area contributed by atoms with Crippen molar-refractivity contribution in [2.24, 2.45) is 28.1 Å². The van der Waals surface area contributed by atoms with E-state index in [2.05, 4.69) is 33.9 Å². The summed E-state index contributed by atoms with van der Waals surface area (Å²) in [6, 6.07) is 1.45. The molecule has 0 radical (unpaired) electrons. The maximum Gasteiger partial charge on any atom is 0.187 e. The second-order valence-electron chi connectivity index (χ2n) is 9.56. The third-order valence-corrected chi connectivity index (χ3v) is 10.1. The first-order chi connectivity index (χ1) is 8.72. The summed E-state index contributed by atoms with van der Waals surface area (Å²) < 4.78 is 6.81. The molecule has 19 heavy (non-hydrogen) atoms. The molecule has 0 aromatic rings. The second-order valence-corrected chi connectivity index (χ2v) is 13.7. The van der Waals surface area contributed by atoms with Gasteiger partial charge in [0.1, 0.15) is 0 Å². The van der Waals surface area contributed by atoms with Crippen molar-refractivity contribution < 1.29 is 4.43 Å². The Labute approximate surface area is 119 Å². The summed E-state index contributed by atoms with van der Waals surface area (Å²) in [5.41, 5.74) is 1.69. The number of hydrogen-bond donors (Lipinski definition) is 0. The Hall–Kier alpha value is 0.177. The SMILES string of the molecule is CC1(C)CCC[C@]2(C)[C@H]3CC[C@@]24C[Si](C)(C)O[C@H]4[C@H]31. The van der Waals surface area contributed by atoms with E-state index in [1.54, 1.807) is 0 Å². The van der Waals surface area contributed by atoms with Crippen molar-refractivity contribution in [2.75, 3.05) is 0 Å². The van der Waals surface area contributed by atoms with Gasteiger partial charge in [-0.15, -0.1) is 0 Å². The zero-order valence-corrected chi connectivity index (χ0v) is 14.4. The van der Waals surface area contributed by atoms with Gasteiger partial charge in [-0.25, -0.2) is 0 Å². The smallest absolute Gasteiger partial charge is 0.187 e. The van der Waals surface area contributed by atoms with Gasteiger partial charge < -0.3 is 4.43 Å². The summed E-state index contributed by atoms with van der Waals surface area (Å²) in [4.78, 5) is 0. The van der Waals surface area contributed by atoms with Gasteiger partial charge in [-0.2, -0.15) is 0 Å². The largest absolute Gasteiger partial charge is 0.414 e. The number of hydrogen-bond acceptors (Lipinski definition) is 1. The molecule has 0 unspecified atom stereocenters. The lowest BCUT2D eigenvalue weighted by molar-refractivity contribution is -0.0175. The average Bonchev–Trinajstić information content (AvgIpc) is 2.72. The van der Waals surface area contributed by atoms with Crippen LogP contribution in [-0.2, 0) is 4.43 Å². The van der Waals surface area contributed by atoms with Gasteiger partial charge in [-0.05, 0) is 67.5 Å². The lowest BCUT2D eigenvalue weighted by Gasteiger charge is -2.44. The zero-order valence-electron chi connectivity index (χ0n) is 13.4. The summed E-state index contributed by atoms with van der Waals surface area (Å²) in [7, 11) is -1.40. The van der Waals surface area contributed by atoms with E-state index in [0.29, 0.717) is 22.3 Å². The van der Waals surface area contributed by atoms with Crippen LogP contribution in [0, 0.1) is 28.1 Å². The average molecular weight is 279 g/mol. The van der Waals surface area contributed by atoms with Gasteiger partial charge in [0.2, 0.25) is 0 Å². The molecule has 3 saturated carbocycles. The standard InChI is InChI=1S/C17H30OSi/c1-15(2)8-6-9-16(3)12-7-10-17(16)11-19(4,5)18-14(17)13(12)15/h12-14H,6-11H2,1-5H3/t12-,13-,14-,16+,17-/m0/s1. The van der Waals surface area contributed by atoms with Crippen molar-refractivity contribution in [1.82, 2.24) is 0 Å². The van der Waals surface area contributed by atoms with Crippen molar-refractivity contribution in [3.63, 3.8) is 0 Å². The minimum atomic E-state index is -1.40. The van der Waals surface area contributed by atoms with Crippen LogP contribution >= 0.6 is 0 Å². The highest BCUT2D eigenvalue weighted by atomic mass is 28.4. The molecule has 1 spiro atoms. The van der Waals surface area contributed by atoms with E-state index in [9.17, 15) is 0 Å². The van der Waals surface area contributed by atoms with Crippen LogP contribution in [0.1, 0.15) is 52.9 Å². The lowest BCUT2D eigenvalue weighted by Crippen LogP contribution is -2.43. The van der Waals surface area contributed by atoms with Crippen molar-refractivity contribution in [1.29, 1.82) is 0 Å². The quantitative estimate of drug-likeness (QED) is 0.577. The Kier molecular flexibility index (Phi) is 2.25. The van der Waals surface area contributed by atoms with Crippen LogP contribution in [-0.4, -0.2) is 14.4 Å². The summed E-state index contributed by atoms with van der Waals surface area (Å²) in [5, 5.41) is 0. The minimum Gasteiger partial charge on any atom is -0.414 e. The number of fused-ring (bicyclic) bond motifs is 1. The summed E-state index contributed by atoms with van der Waals surface area (Å²) in [6.07, 6.45) is 7.93. The molecule has 0 N–H and O–H groups in total. The Bertz CT molecular complexity index is 429. The molecule has 4 fully saturated rings. The van der Waals surface area contributed by atoms with Gasteiger partial charge in [0, 0.05) is 5.41 Å². The molecule has 2 heteroatoms. The molecular weight excluding hydrogens is 248 g/mol. The minimum absolute atomic E-state index is 0.504. The molecular formula is C17H30OSi. The first kappa shape index (κ1) is 12.9. The molecule has 4 bridgehead atoms. The molecule has 4 aliphatic rings. The van der Waals surface area contributed by atoms with E-state index in [1.165, 1.54) is 38.1 Å². The molecule has 1 aliphatic heterocycles. The van der Waals surface area contributed by atoms with Gasteiger partial charge in [0.05, 0.1) is 6.10 Å². The van der Waals surface area contributed by atoms with Gasteiger partial charge >= 0.3 is 0 Å². The Morgan fingerprint density at radius 1 is 1.05 bits per heavy atom. The van der Waals surface area contributed by atoms with Gasteiger partial charge in [0.25, 0.3) is 0 Å². The van der Waals surface area contributed by atoms with Crippen LogP contribution in [0.25, 0.3) is 0 Å². The van der Waals surface area contributed by atoms with E-state index in [1.807, 2.05) is 0 Å². The monoisotopic (exact) mass is 278 g/mol. The molecule has 3 aliphatic carbocycles. The van der Waals surface area contributed by atoms with E-state index in [0.717, 1.165) is 11.8 Å². The molecule has 0 aromatic carbocycles. The summed E-state index contributed by atoms with van der Waals surface area (Å²) >= 11 is 0. The van der Waals surface area contributed by atoms with Crippen molar-refractivity contribution in [2.45, 2.75) is 78.1 Å². The van der Waals surface area contributed by atoms with Crippen LogP contribution in [0.4, 0.5) is 0 Å². The first-order valence-corrected chi connectivity index (χ1v) is 11.5. The van der Waals surface area contributed by atoms with Crippen LogP contribution in [0.3, 0.4) is 0 Å². The Morgan fingerprint density at radius 2 is 1.79 bits per heavy atom. The molecule has 1 heterocycles. The highest BCUT2D eigenvalue weighted by Gasteiger charge is 2.76. The molecule has 5 atom stereocenters. The van der Waals surface area contributed by atoms with Gasteiger partial charge in [0.15, 0.2) is 8.32 Å². The highest BCUT2D eigenvalue weighted by Crippen LogP contribution is 2.79. The van der Waals surface area contributed by atoms with Crippen LogP contribution in [0.2, 0.25) is 19.1 Å². The fraction of sp³-hybridized carbons (Fsp3) is 1.00. The zero-order chi connectivity index (χ0) is 13.7. The fourth-order valence-corrected chi connectivity index (χ4v) is 10.6. The molecule has 0 amide bonds. The predicted molar refractivity (Wildman–Crippen MR) is 81.5 cm³/mol. The molecule has 1 saturated heterocycles. The van der Waals surface area contributed by atoms with Crippen LogP contribution in [0.15, 0.2) is 0 Å². The predicted octanol–water partition coefficient (Wildman–Crippen LogP) is 4.83. The third-order valence-electron chi connectivity index (χ3n) is 7.77. The van der Waals surface area contributed by atoms with E-state index < -0.39 is 8.32 Å². The highest BCUT2D eigenvalue weighted by molar-refractivity contribution is 6.72. The fourth-order valence-electron chi connectivity index (χ4n) is 7.17. The van der Waals surface area contributed by atoms with Gasteiger partial charge in [-0.3, -0.25) is 0 Å². The van der Waals surface area contributed by atoms with Crippen LogP contribution < -0.4 is 0 Å². The normalized spacial score (nSPS) is 57.0. The molecule has 0 aromatic heterocycles. The second kappa shape index (κ2) is 3.32. The van der Waals surface area contributed by atoms with Crippen molar-refractivity contribution >= 4 is 8.32 Å². The van der Waals surface area contributed by atoms with E-state index >= 15 is 0 Å². The van der Waals surface area contributed by atoms with E-state index in [4.69, 9.17) is 4.43 Å². The maximum atomic E-state index is 6.81. The summed E-state index contributed by atoms with van der Waals surface area (Å²) in [6.45, 7) is 12.7. The molecule has 4 rings (SSSR count). The van der Waals surface area contributed by atoms with Gasteiger partial charge in [-0.1, -0.05) is 27.2 Å². The summed E-state index contributed by atoms with van der Waals surface area (Å²) in [5.74, 6) is 1.81. The third kappa shape index (κ3) is 1.31. The lowest BCUT2D eigenvalue weighted by atomic mass is 9.63.